The molecule has 1 aliphatic rings. The van der Waals surface area contributed by atoms with Crippen LogP contribution in [0, 0.1) is 0 Å². The SMILES string of the molecule is CCC(=O)N1c2ccccc2-c2c(=O)[nH]c(SC)n[n+]2[C@H]1c1ccco1. The number of carbonyl (C=O) groups is 1. The number of hydrogen-bond donors (Lipinski definition) is 1. The van der Waals surface area contributed by atoms with Crippen molar-refractivity contribution in [1.29, 1.82) is 0 Å². The number of anilines is 1. The summed E-state index contributed by atoms with van der Waals surface area (Å²) in [6.45, 7) is 1.81. The fraction of sp³-hybridized carbons (Fsp3) is 0.222. The fourth-order valence-corrected chi connectivity index (χ4v) is 3.56. The fourth-order valence-electron chi connectivity index (χ4n) is 3.20. The second kappa shape index (κ2) is 6.45. The summed E-state index contributed by atoms with van der Waals surface area (Å²) in [7, 11) is 0. The molecule has 0 radical (unpaired) electrons. The van der Waals surface area contributed by atoms with E-state index in [0.717, 1.165) is 0 Å². The van der Waals surface area contributed by atoms with Crippen molar-refractivity contribution >= 4 is 23.4 Å². The van der Waals surface area contributed by atoms with E-state index in [0.29, 0.717) is 34.3 Å². The monoisotopic (exact) mass is 369 g/mol. The van der Waals surface area contributed by atoms with Gasteiger partial charge in [0.1, 0.15) is 0 Å². The molecule has 7 nitrogen and oxygen atoms in total. The molecule has 2 aromatic heterocycles. The number of benzene rings is 1. The molecule has 0 saturated carbocycles. The van der Waals surface area contributed by atoms with Gasteiger partial charge >= 0.3 is 17.4 Å². The Morgan fingerprint density at radius 2 is 2.15 bits per heavy atom. The lowest BCUT2D eigenvalue weighted by molar-refractivity contribution is -0.764. The highest BCUT2D eigenvalue weighted by Gasteiger charge is 2.46. The maximum Gasteiger partial charge on any atom is 0.325 e. The Bertz CT molecular complexity index is 1030. The van der Waals surface area contributed by atoms with Crippen molar-refractivity contribution in [3.05, 3.63) is 58.8 Å². The van der Waals surface area contributed by atoms with Gasteiger partial charge in [-0.15, -0.1) is 0 Å². The molecular formula is C18H17N4O3S+. The molecule has 132 valence electrons. The van der Waals surface area contributed by atoms with Gasteiger partial charge in [-0.25, -0.2) is 4.90 Å². The van der Waals surface area contributed by atoms with Crippen molar-refractivity contribution in [3.8, 4) is 11.3 Å². The van der Waals surface area contributed by atoms with Crippen molar-refractivity contribution in [3.63, 3.8) is 0 Å². The number of nitrogens with one attached hydrogen (secondary N) is 1. The first-order valence-corrected chi connectivity index (χ1v) is 9.43. The second-order valence-electron chi connectivity index (χ2n) is 5.78. The van der Waals surface area contributed by atoms with E-state index in [1.165, 1.54) is 11.8 Å². The van der Waals surface area contributed by atoms with Gasteiger partial charge in [-0.2, -0.15) is 0 Å². The van der Waals surface area contributed by atoms with Crippen LogP contribution in [0.25, 0.3) is 11.3 Å². The minimum atomic E-state index is -0.657. The van der Waals surface area contributed by atoms with E-state index in [4.69, 9.17) is 4.42 Å². The Kier molecular flexibility index (Phi) is 4.12. The summed E-state index contributed by atoms with van der Waals surface area (Å²) in [4.78, 5) is 30.1. The van der Waals surface area contributed by atoms with Gasteiger partial charge in [-0.3, -0.25) is 14.6 Å². The molecular weight excluding hydrogens is 352 g/mol. The van der Waals surface area contributed by atoms with Crippen molar-refractivity contribution in [2.24, 2.45) is 0 Å². The number of para-hydroxylation sites is 1. The minimum absolute atomic E-state index is 0.0789. The largest absolute Gasteiger partial charge is 0.460 e. The predicted molar refractivity (Wildman–Crippen MR) is 96.9 cm³/mol. The Labute approximate surface area is 153 Å². The maximum atomic E-state index is 12.8. The molecule has 0 unspecified atom stereocenters. The quantitative estimate of drug-likeness (QED) is 0.566. The van der Waals surface area contributed by atoms with Crippen LogP contribution in [0.2, 0.25) is 0 Å². The zero-order valence-corrected chi connectivity index (χ0v) is 15.1. The molecule has 1 aliphatic heterocycles. The maximum absolute atomic E-state index is 12.8. The highest BCUT2D eigenvalue weighted by Crippen LogP contribution is 2.37. The number of H-pyrrole nitrogens is 1. The standard InChI is InChI=1S/C18H16N4O3S/c1-3-14(23)21-12-8-5-4-7-11(12)15-16(24)19-18(26-2)20-22(15)17(21)13-9-6-10-25-13/h4-10,17H,3H2,1-2H3/p+1/t17-/m0/s1. The molecule has 0 bridgehead atoms. The van der Waals surface area contributed by atoms with Gasteiger partial charge < -0.3 is 4.42 Å². The molecule has 1 N–H and O–H groups in total. The number of rotatable bonds is 3. The van der Waals surface area contributed by atoms with Gasteiger partial charge in [0, 0.05) is 11.5 Å². The zero-order valence-electron chi connectivity index (χ0n) is 14.3. The molecule has 0 saturated heterocycles. The Morgan fingerprint density at radius 1 is 1.35 bits per heavy atom. The Balaban J connectivity index is 2.09. The molecule has 8 heteroatoms. The van der Waals surface area contributed by atoms with Crippen LogP contribution >= 0.6 is 11.8 Å². The van der Waals surface area contributed by atoms with E-state index in [2.05, 4.69) is 10.1 Å². The van der Waals surface area contributed by atoms with Gasteiger partial charge in [0.2, 0.25) is 11.1 Å². The third kappa shape index (κ3) is 2.45. The molecule has 4 rings (SSSR count). The van der Waals surface area contributed by atoms with E-state index in [1.54, 1.807) is 28.0 Å². The number of fused-ring (bicyclic) bond motifs is 3. The number of hydrogen-bond acceptors (Lipinski definition) is 5. The molecule has 1 atom stereocenters. The van der Waals surface area contributed by atoms with Gasteiger partial charge in [0.15, 0.2) is 5.76 Å². The molecule has 0 aliphatic carbocycles. The number of furan rings is 1. The number of aromatic amines is 1. The van der Waals surface area contributed by atoms with E-state index in [-0.39, 0.29) is 11.5 Å². The Morgan fingerprint density at radius 3 is 2.85 bits per heavy atom. The Hall–Kier alpha value is -2.87. The van der Waals surface area contributed by atoms with Crippen LogP contribution in [0.15, 0.2) is 57.0 Å². The average molecular weight is 369 g/mol. The summed E-state index contributed by atoms with van der Waals surface area (Å²) in [6.07, 6.45) is 3.04. The van der Waals surface area contributed by atoms with E-state index < -0.39 is 6.17 Å². The third-order valence-electron chi connectivity index (χ3n) is 4.32. The first-order chi connectivity index (χ1) is 12.7. The lowest BCUT2D eigenvalue weighted by Gasteiger charge is -2.30. The van der Waals surface area contributed by atoms with E-state index in [9.17, 15) is 9.59 Å². The number of amides is 1. The summed E-state index contributed by atoms with van der Waals surface area (Å²) in [6, 6.07) is 10.9. The topological polar surface area (TPSA) is 83.1 Å². The van der Waals surface area contributed by atoms with Crippen molar-refractivity contribution in [2.75, 3.05) is 11.2 Å². The minimum Gasteiger partial charge on any atom is -0.460 e. The lowest BCUT2D eigenvalue weighted by atomic mass is 10.0. The summed E-state index contributed by atoms with van der Waals surface area (Å²) in [5.41, 5.74) is 1.49. The van der Waals surface area contributed by atoms with Crippen LogP contribution in [0.4, 0.5) is 5.69 Å². The molecule has 1 aromatic carbocycles. The predicted octanol–water partition coefficient (Wildman–Crippen LogP) is 2.34. The summed E-state index contributed by atoms with van der Waals surface area (Å²) in [5, 5.41) is 5.04. The smallest absolute Gasteiger partial charge is 0.325 e. The summed E-state index contributed by atoms with van der Waals surface area (Å²) >= 11 is 1.33. The molecule has 3 aromatic rings. The van der Waals surface area contributed by atoms with Crippen LogP contribution in [0.3, 0.4) is 0 Å². The molecule has 0 spiro atoms. The number of nitrogens with zero attached hydrogens (tertiary/aromatic N) is 3. The third-order valence-corrected chi connectivity index (χ3v) is 4.89. The van der Waals surface area contributed by atoms with E-state index >= 15 is 0 Å². The number of carbonyl (C=O) groups excluding carboxylic acids is 1. The van der Waals surface area contributed by atoms with E-state index in [1.807, 2.05) is 37.4 Å². The van der Waals surface area contributed by atoms with Crippen LogP contribution in [-0.2, 0) is 4.79 Å². The van der Waals surface area contributed by atoms with Crippen LogP contribution in [0.5, 0.6) is 0 Å². The van der Waals surface area contributed by atoms with Crippen molar-refractivity contribution in [1.82, 2.24) is 10.1 Å². The highest BCUT2D eigenvalue weighted by molar-refractivity contribution is 7.98. The second-order valence-corrected chi connectivity index (χ2v) is 6.58. The number of aromatic nitrogens is 3. The van der Waals surface area contributed by atoms with Crippen molar-refractivity contribution in [2.45, 2.75) is 24.7 Å². The number of thioether (sulfide) groups is 1. The molecule has 1 amide bonds. The first-order valence-electron chi connectivity index (χ1n) is 8.20. The van der Waals surface area contributed by atoms with Gasteiger partial charge in [-0.05, 0) is 35.2 Å². The highest BCUT2D eigenvalue weighted by atomic mass is 32.2. The zero-order chi connectivity index (χ0) is 18.3. The average Bonchev–Trinajstić information content (AvgIpc) is 3.20. The first kappa shape index (κ1) is 16.6. The normalized spacial score (nSPS) is 15.5. The van der Waals surface area contributed by atoms with Gasteiger partial charge in [0.25, 0.3) is 0 Å². The summed E-state index contributed by atoms with van der Waals surface area (Å²) < 4.78 is 7.19. The van der Waals surface area contributed by atoms with Crippen LogP contribution in [0.1, 0.15) is 25.3 Å². The lowest BCUT2D eigenvalue weighted by Crippen LogP contribution is -2.60. The van der Waals surface area contributed by atoms with Gasteiger partial charge in [-0.1, -0.05) is 30.8 Å². The molecule has 0 fully saturated rings. The molecule has 26 heavy (non-hydrogen) atoms. The van der Waals surface area contributed by atoms with Gasteiger partial charge in [0.05, 0.1) is 17.5 Å². The summed E-state index contributed by atoms with van der Waals surface area (Å²) in [5.74, 6) is 0.461. The molecule has 3 heterocycles. The van der Waals surface area contributed by atoms with Crippen LogP contribution in [-0.4, -0.2) is 22.2 Å². The van der Waals surface area contributed by atoms with Crippen molar-refractivity contribution < 1.29 is 13.9 Å². The van der Waals surface area contributed by atoms with Crippen LogP contribution < -0.4 is 15.1 Å².